The zero-order valence-electron chi connectivity index (χ0n) is 14.8. The number of benzene rings is 2. The second kappa shape index (κ2) is 9.59. The summed E-state index contributed by atoms with van der Waals surface area (Å²) in [5.74, 6) is 0.143. The molecule has 1 fully saturated rings. The van der Waals surface area contributed by atoms with Crippen LogP contribution < -0.4 is 4.90 Å². The van der Waals surface area contributed by atoms with Crippen molar-refractivity contribution in [1.82, 2.24) is 4.90 Å². The molecular weight excluding hydrogens is 332 g/mol. The molecule has 0 aromatic heterocycles. The number of piperidine rings is 1. The summed E-state index contributed by atoms with van der Waals surface area (Å²) in [5.41, 5.74) is 2.42. The number of rotatable bonds is 5. The van der Waals surface area contributed by atoms with Crippen molar-refractivity contribution in [2.75, 3.05) is 24.5 Å². The van der Waals surface area contributed by atoms with Crippen LogP contribution in [0.4, 0.5) is 5.69 Å². The molecule has 2 aromatic rings. The van der Waals surface area contributed by atoms with Crippen LogP contribution in [0.3, 0.4) is 0 Å². The van der Waals surface area contributed by atoms with Gasteiger partial charge in [-0.05, 0) is 37.0 Å². The molecule has 0 N–H and O–H groups in total. The van der Waals surface area contributed by atoms with Crippen molar-refractivity contribution in [1.29, 1.82) is 0 Å². The Hall–Kier alpha value is -1.84. The fraction of sp³-hybridized carbons (Fsp3) is 0.381. The zero-order valence-corrected chi connectivity index (χ0v) is 15.6. The second-order valence-corrected chi connectivity index (χ2v) is 6.53. The predicted octanol–water partition coefficient (Wildman–Crippen LogP) is 4.17. The number of para-hydroxylation sites is 1. The highest BCUT2D eigenvalue weighted by molar-refractivity contribution is 5.92. The lowest BCUT2D eigenvalue weighted by atomic mass is 10.0. The first-order chi connectivity index (χ1) is 11.7. The fourth-order valence-electron chi connectivity index (χ4n) is 3.57. The summed E-state index contributed by atoms with van der Waals surface area (Å²) in [6.45, 7) is 4.90. The summed E-state index contributed by atoms with van der Waals surface area (Å²) in [7, 11) is 0. The highest BCUT2D eigenvalue weighted by atomic mass is 35.5. The van der Waals surface area contributed by atoms with E-state index in [1.165, 1.54) is 5.56 Å². The number of carbonyl (C=O) groups is 1. The van der Waals surface area contributed by atoms with Crippen molar-refractivity contribution in [3.8, 4) is 0 Å². The molecule has 1 heterocycles. The molecule has 0 spiro atoms. The van der Waals surface area contributed by atoms with Crippen molar-refractivity contribution < 1.29 is 4.79 Å². The van der Waals surface area contributed by atoms with E-state index in [4.69, 9.17) is 0 Å². The molecule has 0 bridgehead atoms. The summed E-state index contributed by atoms with van der Waals surface area (Å²) in [5, 5.41) is 0. The highest BCUT2D eigenvalue weighted by Gasteiger charge is 2.27. The molecule has 1 aliphatic rings. The van der Waals surface area contributed by atoms with Crippen molar-refractivity contribution >= 4 is 24.0 Å². The summed E-state index contributed by atoms with van der Waals surface area (Å²) in [4.78, 5) is 16.6. The van der Waals surface area contributed by atoms with Gasteiger partial charge in [-0.3, -0.25) is 4.79 Å². The molecule has 4 heteroatoms. The SMILES string of the molecule is CC(=O)N(c1ccccc1)C1CCN(CCc2ccccc2)CC1.Cl. The Morgan fingerprint density at radius 1 is 1.00 bits per heavy atom. The van der Waals surface area contributed by atoms with Crippen LogP contribution >= 0.6 is 12.4 Å². The van der Waals surface area contributed by atoms with Gasteiger partial charge in [-0.2, -0.15) is 0 Å². The summed E-state index contributed by atoms with van der Waals surface area (Å²) in [6, 6.07) is 21.0. The first-order valence-electron chi connectivity index (χ1n) is 8.85. The molecule has 0 saturated carbocycles. The topological polar surface area (TPSA) is 23.6 Å². The maximum Gasteiger partial charge on any atom is 0.224 e. The van der Waals surface area contributed by atoms with Crippen molar-refractivity contribution in [2.24, 2.45) is 0 Å². The molecule has 3 nitrogen and oxygen atoms in total. The molecule has 25 heavy (non-hydrogen) atoms. The van der Waals surface area contributed by atoms with E-state index in [-0.39, 0.29) is 18.3 Å². The number of hydrogen-bond donors (Lipinski definition) is 0. The number of nitrogens with zero attached hydrogens (tertiary/aromatic N) is 2. The number of amides is 1. The van der Waals surface area contributed by atoms with Crippen LogP contribution in [-0.4, -0.2) is 36.5 Å². The summed E-state index contributed by atoms with van der Waals surface area (Å²) in [6.07, 6.45) is 3.19. The van der Waals surface area contributed by atoms with Gasteiger partial charge in [0.15, 0.2) is 0 Å². The molecule has 1 saturated heterocycles. The Morgan fingerprint density at radius 2 is 1.56 bits per heavy atom. The predicted molar refractivity (Wildman–Crippen MR) is 106 cm³/mol. The third-order valence-corrected chi connectivity index (χ3v) is 4.86. The zero-order chi connectivity index (χ0) is 16.8. The third-order valence-electron chi connectivity index (χ3n) is 4.86. The number of halogens is 1. The van der Waals surface area contributed by atoms with Gasteiger partial charge in [-0.15, -0.1) is 12.4 Å². The summed E-state index contributed by atoms with van der Waals surface area (Å²) >= 11 is 0. The average Bonchev–Trinajstić information content (AvgIpc) is 2.63. The lowest BCUT2D eigenvalue weighted by Gasteiger charge is -2.38. The molecule has 2 aromatic carbocycles. The second-order valence-electron chi connectivity index (χ2n) is 6.53. The van der Waals surface area contributed by atoms with E-state index in [1.54, 1.807) is 6.92 Å². The average molecular weight is 359 g/mol. The minimum absolute atomic E-state index is 0. The van der Waals surface area contributed by atoms with Gasteiger partial charge in [0.25, 0.3) is 0 Å². The Balaban J connectivity index is 0.00000225. The lowest BCUT2D eigenvalue weighted by Crippen LogP contribution is -2.47. The standard InChI is InChI=1S/C21H26N2O.ClH/c1-18(24)23(20-10-6-3-7-11-20)21-13-16-22(17-14-21)15-12-19-8-4-2-5-9-19;/h2-11,21H,12-17H2,1H3;1H. The van der Waals surface area contributed by atoms with Gasteiger partial charge in [0, 0.05) is 38.3 Å². The van der Waals surface area contributed by atoms with Gasteiger partial charge in [0.1, 0.15) is 0 Å². The normalized spacial score (nSPS) is 15.4. The van der Waals surface area contributed by atoms with Gasteiger partial charge >= 0.3 is 0 Å². The Bertz CT molecular complexity index is 639. The van der Waals surface area contributed by atoms with E-state index in [0.29, 0.717) is 6.04 Å². The highest BCUT2D eigenvalue weighted by Crippen LogP contribution is 2.24. The van der Waals surface area contributed by atoms with E-state index in [9.17, 15) is 4.79 Å². The molecule has 0 atom stereocenters. The third kappa shape index (κ3) is 5.32. The van der Waals surface area contributed by atoms with Crippen LogP contribution in [0.15, 0.2) is 60.7 Å². The Morgan fingerprint density at radius 3 is 2.12 bits per heavy atom. The van der Waals surface area contributed by atoms with Crippen LogP contribution in [0.1, 0.15) is 25.3 Å². The van der Waals surface area contributed by atoms with Gasteiger partial charge in [0.05, 0.1) is 0 Å². The molecule has 0 aliphatic carbocycles. The monoisotopic (exact) mass is 358 g/mol. The molecule has 1 amide bonds. The maximum absolute atomic E-state index is 12.1. The molecule has 0 unspecified atom stereocenters. The molecule has 3 rings (SSSR count). The number of likely N-dealkylation sites (tertiary alicyclic amines) is 1. The minimum Gasteiger partial charge on any atom is -0.310 e. The molecular formula is C21H27ClN2O. The first kappa shape index (κ1) is 19.5. The smallest absolute Gasteiger partial charge is 0.224 e. The summed E-state index contributed by atoms with van der Waals surface area (Å²) < 4.78 is 0. The van der Waals surface area contributed by atoms with Crippen LogP contribution in [0, 0.1) is 0 Å². The van der Waals surface area contributed by atoms with E-state index in [0.717, 1.165) is 44.6 Å². The maximum atomic E-state index is 12.1. The van der Waals surface area contributed by atoms with Gasteiger partial charge in [-0.25, -0.2) is 0 Å². The van der Waals surface area contributed by atoms with Gasteiger partial charge in [0.2, 0.25) is 5.91 Å². The van der Waals surface area contributed by atoms with Crippen LogP contribution in [0.2, 0.25) is 0 Å². The largest absolute Gasteiger partial charge is 0.310 e. The molecule has 1 aliphatic heterocycles. The fourth-order valence-corrected chi connectivity index (χ4v) is 3.57. The Labute approximate surface area is 157 Å². The number of anilines is 1. The Kier molecular flexibility index (Phi) is 7.48. The van der Waals surface area contributed by atoms with Crippen LogP contribution in [0.25, 0.3) is 0 Å². The molecule has 0 radical (unpaired) electrons. The van der Waals surface area contributed by atoms with E-state index < -0.39 is 0 Å². The van der Waals surface area contributed by atoms with Crippen molar-refractivity contribution in [2.45, 2.75) is 32.2 Å². The van der Waals surface area contributed by atoms with E-state index >= 15 is 0 Å². The van der Waals surface area contributed by atoms with E-state index in [1.807, 2.05) is 35.2 Å². The lowest BCUT2D eigenvalue weighted by molar-refractivity contribution is -0.117. The van der Waals surface area contributed by atoms with E-state index in [2.05, 4.69) is 35.2 Å². The van der Waals surface area contributed by atoms with Gasteiger partial charge < -0.3 is 9.80 Å². The quantitative estimate of drug-likeness (QED) is 0.800. The van der Waals surface area contributed by atoms with Gasteiger partial charge in [-0.1, -0.05) is 48.5 Å². The molecule has 134 valence electrons. The van der Waals surface area contributed by atoms with Crippen molar-refractivity contribution in [3.05, 3.63) is 66.2 Å². The first-order valence-corrected chi connectivity index (χ1v) is 8.85. The number of carbonyl (C=O) groups excluding carboxylic acids is 1. The minimum atomic E-state index is 0. The van der Waals surface area contributed by atoms with Crippen molar-refractivity contribution in [3.63, 3.8) is 0 Å². The van der Waals surface area contributed by atoms with Crippen LogP contribution in [-0.2, 0) is 11.2 Å². The van der Waals surface area contributed by atoms with Crippen LogP contribution in [0.5, 0.6) is 0 Å². The number of hydrogen-bond acceptors (Lipinski definition) is 2.